The van der Waals surface area contributed by atoms with Crippen LogP contribution < -0.4 is 10.3 Å². The van der Waals surface area contributed by atoms with Gasteiger partial charge in [0.05, 0.1) is 26.0 Å². The summed E-state index contributed by atoms with van der Waals surface area (Å²) in [6, 6.07) is 17.1. The number of benzene rings is 2. The maximum absolute atomic E-state index is 13.8. The summed E-state index contributed by atoms with van der Waals surface area (Å²) >= 11 is 0. The molecule has 0 bridgehead atoms. The van der Waals surface area contributed by atoms with Gasteiger partial charge >= 0.3 is 0 Å². The first-order valence-corrected chi connectivity index (χ1v) is 13.6. The van der Waals surface area contributed by atoms with E-state index in [4.69, 9.17) is 9.15 Å². The normalized spacial score (nSPS) is 15.1. The number of fused-ring (bicyclic) bond motifs is 1. The molecule has 6 rings (SSSR count). The lowest BCUT2D eigenvalue weighted by Gasteiger charge is -2.32. The van der Waals surface area contributed by atoms with Gasteiger partial charge in [0.2, 0.25) is 0 Å². The van der Waals surface area contributed by atoms with Gasteiger partial charge < -0.3 is 14.1 Å². The van der Waals surface area contributed by atoms with Crippen LogP contribution in [-0.4, -0.2) is 37.2 Å². The fourth-order valence-corrected chi connectivity index (χ4v) is 5.66. The van der Waals surface area contributed by atoms with Crippen molar-refractivity contribution in [1.29, 1.82) is 0 Å². The van der Waals surface area contributed by atoms with Crippen LogP contribution in [0.1, 0.15) is 66.9 Å². The van der Waals surface area contributed by atoms with Crippen molar-refractivity contribution in [2.75, 3.05) is 7.11 Å². The van der Waals surface area contributed by atoms with E-state index in [1.165, 1.54) is 18.6 Å². The third-order valence-corrected chi connectivity index (χ3v) is 7.66. The van der Waals surface area contributed by atoms with E-state index in [9.17, 15) is 9.18 Å². The molecule has 206 valence electrons. The molecule has 9 nitrogen and oxygen atoms in total. The highest BCUT2D eigenvalue weighted by Gasteiger charge is 2.33. The molecule has 5 aromatic rings. The number of rotatable bonds is 9. The van der Waals surface area contributed by atoms with Crippen LogP contribution in [0.4, 0.5) is 4.39 Å². The van der Waals surface area contributed by atoms with Gasteiger partial charge in [-0.3, -0.25) is 9.69 Å². The lowest BCUT2D eigenvalue weighted by molar-refractivity contribution is 0.173. The van der Waals surface area contributed by atoms with Crippen molar-refractivity contribution in [3.8, 4) is 5.75 Å². The second-order valence-corrected chi connectivity index (χ2v) is 10.3. The third kappa shape index (κ3) is 5.40. The molecule has 2 aromatic carbocycles. The van der Waals surface area contributed by atoms with Crippen molar-refractivity contribution >= 4 is 10.9 Å². The quantitative estimate of drug-likeness (QED) is 0.260. The summed E-state index contributed by atoms with van der Waals surface area (Å²) in [5, 5.41) is 13.9. The van der Waals surface area contributed by atoms with Gasteiger partial charge in [0.1, 0.15) is 23.4 Å². The summed E-state index contributed by atoms with van der Waals surface area (Å²) in [5.74, 6) is 1.70. The van der Waals surface area contributed by atoms with E-state index >= 15 is 0 Å². The lowest BCUT2D eigenvalue weighted by Crippen LogP contribution is -2.35. The maximum Gasteiger partial charge on any atom is 0.253 e. The van der Waals surface area contributed by atoms with Crippen LogP contribution in [-0.2, 0) is 13.1 Å². The van der Waals surface area contributed by atoms with E-state index in [2.05, 4.69) is 25.4 Å². The number of tetrazole rings is 1. The van der Waals surface area contributed by atoms with E-state index < -0.39 is 6.04 Å². The second-order valence-electron chi connectivity index (χ2n) is 10.3. The highest BCUT2D eigenvalue weighted by molar-refractivity contribution is 5.80. The van der Waals surface area contributed by atoms with Crippen molar-refractivity contribution < 1.29 is 13.5 Å². The number of hydrogen-bond acceptors (Lipinski definition) is 7. The Hall–Kier alpha value is -4.31. The summed E-state index contributed by atoms with van der Waals surface area (Å²) in [6.07, 6.45) is 6.99. The Kier molecular flexibility index (Phi) is 7.41. The minimum absolute atomic E-state index is 0.150. The fourth-order valence-electron chi connectivity index (χ4n) is 5.66. The molecule has 1 N–H and O–H groups in total. The van der Waals surface area contributed by atoms with Gasteiger partial charge in [-0.05, 0) is 77.4 Å². The van der Waals surface area contributed by atoms with Gasteiger partial charge in [-0.1, -0.05) is 31.4 Å². The molecule has 0 spiro atoms. The molecule has 10 heteroatoms. The number of aromatic nitrogens is 5. The maximum atomic E-state index is 13.8. The Morgan fingerprint density at radius 3 is 2.67 bits per heavy atom. The summed E-state index contributed by atoms with van der Waals surface area (Å²) in [5.41, 5.74) is 1.86. The lowest BCUT2D eigenvalue weighted by atomic mass is 9.95. The van der Waals surface area contributed by atoms with E-state index in [1.54, 1.807) is 25.5 Å². The fraction of sp³-hybridized carbons (Fsp3) is 0.333. The van der Waals surface area contributed by atoms with Crippen LogP contribution in [0, 0.1) is 5.82 Å². The van der Waals surface area contributed by atoms with Crippen molar-refractivity contribution in [3.63, 3.8) is 0 Å². The molecule has 0 aliphatic heterocycles. The van der Waals surface area contributed by atoms with Crippen LogP contribution in [0.15, 0.2) is 76.1 Å². The Labute approximate surface area is 230 Å². The number of methoxy groups -OCH3 is 1. The molecule has 1 fully saturated rings. The Morgan fingerprint density at radius 1 is 1.10 bits per heavy atom. The molecule has 1 atom stereocenters. The van der Waals surface area contributed by atoms with Crippen molar-refractivity contribution in [1.82, 2.24) is 30.1 Å². The van der Waals surface area contributed by atoms with E-state index in [0.717, 1.165) is 42.4 Å². The van der Waals surface area contributed by atoms with E-state index in [0.29, 0.717) is 35.7 Å². The number of ether oxygens (including phenoxy) is 1. The average molecular weight is 543 g/mol. The van der Waals surface area contributed by atoms with Gasteiger partial charge in [0, 0.05) is 23.0 Å². The second kappa shape index (κ2) is 11.4. The third-order valence-electron chi connectivity index (χ3n) is 7.66. The zero-order valence-corrected chi connectivity index (χ0v) is 22.3. The smallest absolute Gasteiger partial charge is 0.253 e. The number of H-pyrrole nitrogens is 1. The zero-order chi connectivity index (χ0) is 27.5. The van der Waals surface area contributed by atoms with Crippen molar-refractivity contribution in [2.24, 2.45) is 0 Å². The Bertz CT molecular complexity index is 1620. The molecular formula is C30H31FN6O3. The first kappa shape index (κ1) is 25.9. The van der Waals surface area contributed by atoms with E-state index in [-0.39, 0.29) is 17.4 Å². The predicted octanol–water partition coefficient (Wildman–Crippen LogP) is 5.55. The molecule has 40 heavy (non-hydrogen) atoms. The first-order valence-electron chi connectivity index (χ1n) is 13.6. The summed E-state index contributed by atoms with van der Waals surface area (Å²) < 4.78 is 26.9. The number of halogens is 1. The van der Waals surface area contributed by atoms with Crippen LogP contribution in [0.25, 0.3) is 10.9 Å². The van der Waals surface area contributed by atoms with Crippen LogP contribution >= 0.6 is 0 Å². The molecule has 1 aliphatic rings. The van der Waals surface area contributed by atoms with Gasteiger partial charge in [-0.25, -0.2) is 9.07 Å². The molecule has 1 aliphatic carbocycles. The van der Waals surface area contributed by atoms with Crippen LogP contribution in [0.5, 0.6) is 5.75 Å². The minimum Gasteiger partial charge on any atom is -0.497 e. The highest BCUT2D eigenvalue weighted by Crippen LogP contribution is 2.35. The van der Waals surface area contributed by atoms with Crippen LogP contribution in [0.2, 0.25) is 0 Å². The summed E-state index contributed by atoms with van der Waals surface area (Å²) in [7, 11) is 1.61. The number of nitrogens with one attached hydrogen (secondary N) is 1. The number of pyridine rings is 1. The summed E-state index contributed by atoms with van der Waals surface area (Å²) in [4.78, 5) is 18.9. The van der Waals surface area contributed by atoms with Gasteiger partial charge in [0.15, 0.2) is 5.82 Å². The zero-order valence-electron chi connectivity index (χ0n) is 22.3. The molecular weight excluding hydrogens is 511 g/mol. The average Bonchev–Trinajstić information content (AvgIpc) is 3.68. The van der Waals surface area contributed by atoms with Crippen LogP contribution in [0.3, 0.4) is 0 Å². The largest absolute Gasteiger partial charge is 0.497 e. The molecule has 3 aromatic heterocycles. The van der Waals surface area contributed by atoms with Gasteiger partial charge in [-0.2, -0.15) is 0 Å². The number of furan rings is 1. The molecule has 3 heterocycles. The SMILES string of the molecule is COc1ccc2[nH]c(=O)c([C@@H](c3nnnn3C3CCCCC3)N(Cc3ccc(F)cc3)Cc3ccco3)cc2c1. The molecule has 0 amide bonds. The minimum atomic E-state index is -0.619. The monoisotopic (exact) mass is 542 g/mol. The number of hydrogen-bond donors (Lipinski definition) is 1. The first-order chi connectivity index (χ1) is 19.6. The molecule has 1 saturated carbocycles. The Morgan fingerprint density at radius 2 is 1.93 bits per heavy atom. The van der Waals surface area contributed by atoms with Gasteiger partial charge in [0.25, 0.3) is 5.56 Å². The molecule has 0 saturated heterocycles. The molecule has 0 radical (unpaired) electrons. The van der Waals surface area contributed by atoms with Crippen molar-refractivity contribution in [3.05, 3.63) is 106 Å². The standard InChI is InChI=1S/C30H31FN6O3/c1-39-24-13-14-27-21(16-24)17-26(30(38)32-27)28(29-33-34-35-37(29)23-6-3-2-4-7-23)36(19-25-8-5-15-40-25)18-20-9-11-22(31)12-10-20/h5,8-17,23,28H,2-4,6-7,18-19H2,1H3,(H,32,38)/t28-/m0/s1. The van der Waals surface area contributed by atoms with Crippen molar-refractivity contribution in [2.45, 2.75) is 57.3 Å². The number of aromatic amines is 1. The van der Waals surface area contributed by atoms with Gasteiger partial charge in [-0.15, -0.1) is 5.10 Å². The highest BCUT2D eigenvalue weighted by atomic mass is 19.1. The predicted molar refractivity (Wildman–Crippen MR) is 147 cm³/mol. The number of nitrogens with zero attached hydrogens (tertiary/aromatic N) is 5. The Balaban J connectivity index is 1.53. The van der Waals surface area contributed by atoms with E-state index in [1.807, 2.05) is 41.1 Å². The summed E-state index contributed by atoms with van der Waals surface area (Å²) in [6.45, 7) is 0.779. The molecule has 0 unspecified atom stereocenters. The topological polar surface area (TPSA) is 102 Å².